The molecule has 0 aliphatic heterocycles. The molecule has 0 atom stereocenters. The van der Waals surface area contributed by atoms with Crippen molar-refractivity contribution in [1.82, 2.24) is 9.13 Å². The maximum absolute atomic E-state index is 4.34. The van der Waals surface area contributed by atoms with E-state index in [-0.39, 0.29) is 65.4 Å². The summed E-state index contributed by atoms with van der Waals surface area (Å²) >= 11 is 6.76. The molecule has 0 unspecified atom stereocenters. The number of nitrogens with zero attached hydrogens (tertiary/aromatic N) is 3. The summed E-state index contributed by atoms with van der Waals surface area (Å²) in [6.45, 7) is 8.42. The topological polar surface area (TPSA) is 22.2 Å². The van der Waals surface area contributed by atoms with Crippen molar-refractivity contribution in [2.45, 2.75) is 0 Å². The van der Waals surface area contributed by atoms with E-state index in [1.54, 1.807) is 0 Å². The van der Waals surface area contributed by atoms with Gasteiger partial charge < -0.3 is 9.13 Å². The van der Waals surface area contributed by atoms with Crippen LogP contribution >= 0.6 is 28.7 Å². The number of hydrogen-bond acceptors (Lipinski definition) is 2. The maximum Gasteiger partial charge on any atom is 0.0478 e. The van der Waals surface area contributed by atoms with E-state index in [1.807, 2.05) is 0 Å². The van der Waals surface area contributed by atoms with Gasteiger partial charge in [-0.15, -0.1) is 22.9 Å². The second kappa shape index (κ2) is 14.7. The standard InChI is InChI=1S/C18H13BrN.C18H14N.BHNS.2Y/c1-11-9-16-15-10-12(19)7-8-17(15)20(2)18(16)14-6-4-3-5-13(11)14;1-12-11-16-14-8-5-6-10-17(14)19(2)18(16)15-9-4-3-7-13(12)15;1-2-3;;/h3-10H,1H2,2H3;3-11H,1H2,2H3;3H;;/q2*-1;;;. The van der Waals surface area contributed by atoms with Crippen LogP contribution in [0.25, 0.3) is 65.2 Å². The van der Waals surface area contributed by atoms with Crippen LogP contribution in [-0.4, -0.2) is 16.8 Å². The Hall–Kier alpha value is -1.92. The molecule has 0 aliphatic carbocycles. The number of rotatable bonds is 0. The Kier molecular flexibility index (Phi) is 11.6. The van der Waals surface area contributed by atoms with Crippen molar-refractivity contribution in [3.05, 3.63) is 133 Å². The molecule has 0 fully saturated rings. The number of thiol groups is 1. The molecule has 8 rings (SSSR count). The smallest absolute Gasteiger partial charge is 0.0478 e. The van der Waals surface area contributed by atoms with Crippen LogP contribution in [0.15, 0.2) is 112 Å². The largest absolute Gasteiger partial charge is 0.345 e. The van der Waals surface area contributed by atoms with Crippen molar-refractivity contribution in [1.29, 1.82) is 0 Å². The normalized spacial score (nSPS) is 10.6. The molecular weight excluding hydrogens is 775 g/mol. The Morgan fingerprint density at radius 1 is 0.568 bits per heavy atom. The molecule has 0 saturated carbocycles. The fraction of sp³-hybridized carbons (Fsp3) is 0.0556. The molecule has 0 aliphatic rings. The van der Waals surface area contributed by atoms with E-state index in [1.165, 1.54) is 65.2 Å². The van der Waals surface area contributed by atoms with Gasteiger partial charge in [-0.25, -0.2) is 0 Å². The van der Waals surface area contributed by atoms with Crippen LogP contribution in [0.1, 0.15) is 11.1 Å². The summed E-state index contributed by atoms with van der Waals surface area (Å²) in [7, 11) is 8.61. The minimum atomic E-state index is 0. The SMILES string of the molecule is [B]=NS.[CH2-]c1cc2c3cc(Br)ccc3n(C)c2c2ccccc12.[CH2-]c1cc2c3ccccc3n(C)c2c2ccccc12.[Y].[Y]. The molecule has 0 bridgehead atoms. The molecule has 44 heavy (non-hydrogen) atoms. The zero-order valence-corrected chi connectivity index (χ0v) is 32.8. The molecule has 2 aromatic heterocycles. The summed E-state index contributed by atoms with van der Waals surface area (Å²) < 4.78 is 8.36. The number of halogens is 1. The summed E-state index contributed by atoms with van der Waals surface area (Å²) in [5.41, 5.74) is 7.28. The third kappa shape index (κ3) is 6.11. The zero-order chi connectivity index (χ0) is 29.5. The first-order valence-electron chi connectivity index (χ1n) is 13.5. The number of aryl methyl sites for hydroxylation is 2. The quantitative estimate of drug-likeness (QED) is 0.0897. The molecule has 6 aromatic carbocycles. The Labute approximate surface area is 323 Å². The van der Waals surface area contributed by atoms with Gasteiger partial charge >= 0.3 is 24.8 Å². The van der Waals surface area contributed by atoms with Gasteiger partial charge in [0.1, 0.15) is 0 Å². The van der Waals surface area contributed by atoms with Gasteiger partial charge in [0.2, 0.25) is 0 Å². The molecule has 2 heterocycles. The predicted octanol–water partition coefficient (Wildman–Crippen LogP) is 10.3. The monoisotopic (exact) mass is 802 g/mol. The molecule has 0 N–H and O–H groups in total. The van der Waals surface area contributed by atoms with Gasteiger partial charge in [0, 0.05) is 106 Å². The predicted molar refractivity (Wildman–Crippen MR) is 190 cm³/mol. The van der Waals surface area contributed by atoms with Crippen LogP contribution in [0.4, 0.5) is 0 Å². The van der Waals surface area contributed by atoms with Gasteiger partial charge in [-0.2, -0.15) is 37.1 Å². The van der Waals surface area contributed by atoms with E-state index >= 15 is 0 Å². The van der Waals surface area contributed by atoms with Gasteiger partial charge in [-0.1, -0.05) is 81.3 Å². The van der Waals surface area contributed by atoms with Crippen LogP contribution in [0.5, 0.6) is 0 Å². The average molecular weight is 803 g/mol. The fourth-order valence-electron chi connectivity index (χ4n) is 6.25. The Balaban J connectivity index is 0.000000177. The summed E-state index contributed by atoms with van der Waals surface area (Å²) in [6, 6.07) is 36.4. The van der Waals surface area contributed by atoms with Crippen molar-refractivity contribution in [3.8, 4) is 0 Å². The average Bonchev–Trinajstić information content (AvgIpc) is 3.44. The second-order valence-electron chi connectivity index (χ2n) is 10.4. The zero-order valence-electron chi connectivity index (χ0n) is 24.6. The maximum atomic E-state index is 4.34. The van der Waals surface area contributed by atoms with Crippen molar-refractivity contribution in [3.63, 3.8) is 0 Å². The summed E-state index contributed by atoms with van der Waals surface area (Å²) in [6.07, 6.45) is 0. The van der Waals surface area contributed by atoms with Crippen LogP contribution in [-0.2, 0) is 79.5 Å². The molecule has 8 aromatic rings. The fourth-order valence-corrected chi connectivity index (χ4v) is 6.62. The van der Waals surface area contributed by atoms with Crippen molar-refractivity contribution >= 4 is 102 Å². The third-order valence-corrected chi connectivity index (χ3v) is 8.53. The first kappa shape index (κ1) is 34.9. The van der Waals surface area contributed by atoms with Crippen LogP contribution < -0.4 is 0 Å². The van der Waals surface area contributed by atoms with Crippen LogP contribution in [0.2, 0.25) is 0 Å². The van der Waals surface area contributed by atoms with Gasteiger partial charge in [0.15, 0.2) is 0 Å². The number of aromatic nitrogens is 2. The van der Waals surface area contributed by atoms with Crippen molar-refractivity contribution in [2.24, 2.45) is 18.4 Å². The molecule has 3 radical (unpaired) electrons. The van der Waals surface area contributed by atoms with Gasteiger partial charge in [-0.05, 0) is 45.8 Å². The van der Waals surface area contributed by atoms with Gasteiger partial charge in [0.25, 0.3) is 0 Å². The molecular formula is C36H28BBrN3SY2-2. The Morgan fingerprint density at radius 2 is 0.955 bits per heavy atom. The summed E-state index contributed by atoms with van der Waals surface area (Å²) in [4.78, 5) is 0. The minimum absolute atomic E-state index is 0. The van der Waals surface area contributed by atoms with Crippen molar-refractivity contribution in [2.75, 3.05) is 0 Å². The van der Waals surface area contributed by atoms with E-state index in [2.05, 4.69) is 181 Å². The van der Waals surface area contributed by atoms with E-state index < -0.39 is 0 Å². The summed E-state index contributed by atoms with van der Waals surface area (Å²) in [5, 5.41) is 10.1. The van der Waals surface area contributed by atoms with E-state index in [0.29, 0.717) is 0 Å². The number of para-hydroxylation sites is 1. The van der Waals surface area contributed by atoms with E-state index in [9.17, 15) is 0 Å². The van der Waals surface area contributed by atoms with Gasteiger partial charge in [0.05, 0.1) is 0 Å². The van der Waals surface area contributed by atoms with Crippen LogP contribution in [0, 0.1) is 13.8 Å². The third-order valence-electron chi connectivity index (χ3n) is 8.04. The van der Waals surface area contributed by atoms with E-state index in [0.717, 1.165) is 15.6 Å². The summed E-state index contributed by atoms with van der Waals surface area (Å²) in [5.74, 6) is 0. The first-order chi connectivity index (χ1) is 20.3. The molecule has 0 amide bonds. The van der Waals surface area contributed by atoms with Crippen LogP contribution in [0.3, 0.4) is 0 Å². The van der Waals surface area contributed by atoms with Crippen molar-refractivity contribution < 1.29 is 65.4 Å². The first-order valence-corrected chi connectivity index (χ1v) is 14.7. The molecule has 211 valence electrons. The number of hydrogen-bond donors (Lipinski definition) is 1. The second-order valence-corrected chi connectivity index (χ2v) is 11.5. The Morgan fingerprint density at radius 3 is 1.45 bits per heavy atom. The molecule has 8 heteroatoms. The molecule has 0 saturated heterocycles. The van der Waals surface area contributed by atoms with E-state index in [4.69, 9.17) is 0 Å². The molecule has 3 nitrogen and oxygen atoms in total. The Bertz CT molecular complexity index is 2310. The number of fused-ring (bicyclic) bond motifs is 10. The minimum Gasteiger partial charge on any atom is -0.345 e. The molecule has 0 spiro atoms. The van der Waals surface area contributed by atoms with Gasteiger partial charge in [-0.3, -0.25) is 0 Å². The number of benzene rings is 6.